The van der Waals surface area contributed by atoms with Gasteiger partial charge in [0, 0.05) is 38.6 Å². The van der Waals surface area contributed by atoms with Gasteiger partial charge in [-0.25, -0.2) is 4.79 Å². The number of urea groups is 1. The van der Waals surface area contributed by atoms with Gasteiger partial charge in [0.15, 0.2) is 0 Å². The van der Waals surface area contributed by atoms with Crippen molar-refractivity contribution >= 4 is 12.0 Å². The van der Waals surface area contributed by atoms with Crippen molar-refractivity contribution in [1.29, 1.82) is 0 Å². The number of aliphatic carboxylic acids is 1. The zero-order valence-corrected chi connectivity index (χ0v) is 13.7. The number of hydrogen-bond acceptors (Lipinski definition) is 3. The van der Waals surface area contributed by atoms with E-state index >= 15 is 0 Å². The first-order valence-electron chi connectivity index (χ1n) is 7.76. The number of rotatable bonds is 7. The van der Waals surface area contributed by atoms with E-state index in [9.17, 15) is 9.59 Å². The summed E-state index contributed by atoms with van der Waals surface area (Å²) in [6, 6.07) is 0.512. The lowest BCUT2D eigenvalue weighted by Gasteiger charge is -2.33. The summed E-state index contributed by atoms with van der Waals surface area (Å²) >= 11 is 0. The fourth-order valence-corrected chi connectivity index (χ4v) is 2.80. The van der Waals surface area contributed by atoms with Gasteiger partial charge in [0.05, 0.1) is 0 Å². The van der Waals surface area contributed by atoms with Crippen molar-refractivity contribution in [3.63, 3.8) is 0 Å². The maximum Gasteiger partial charge on any atom is 0.320 e. The molecular formula is C15H29N3O3. The van der Waals surface area contributed by atoms with Crippen LogP contribution in [0.2, 0.25) is 0 Å². The van der Waals surface area contributed by atoms with Crippen LogP contribution in [0.1, 0.15) is 39.5 Å². The van der Waals surface area contributed by atoms with Crippen LogP contribution in [-0.4, -0.2) is 77.6 Å². The van der Waals surface area contributed by atoms with E-state index in [1.165, 1.54) is 6.42 Å². The molecule has 1 heterocycles. The molecule has 0 spiro atoms. The average Bonchev–Trinajstić information content (AvgIpc) is 2.78. The minimum Gasteiger partial charge on any atom is -0.481 e. The molecule has 0 aromatic rings. The number of carboxylic acids is 1. The fraction of sp³-hybridized carbons (Fsp3) is 0.867. The molecule has 0 aromatic heterocycles. The molecule has 6 nitrogen and oxygen atoms in total. The minimum atomic E-state index is -0.813. The quantitative estimate of drug-likeness (QED) is 0.777. The van der Waals surface area contributed by atoms with E-state index in [-0.39, 0.29) is 18.5 Å². The largest absolute Gasteiger partial charge is 0.481 e. The van der Waals surface area contributed by atoms with Crippen LogP contribution < -0.4 is 0 Å². The highest BCUT2D eigenvalue weighted by molar-refractivity contribution is 5.74. The molecule has 1 fully saturated rings. The topological polar surface area (TPSA) is 64.1 Å². The van der Waals surface area contributed by atoms with Crippen LogP contribution in [0.3, 0.4) is 0 Å². The lowest BCUT2D eigenvalue weighted by molar-refractivity contribution is -0.137. The Kier molecular flexibility index (Phi) is 6.95. The summed E-state index contributed by atoms with van der Waals surface area (Å²) in [6.07, 6.45) is 2.92. The molecule has 0 radical (unpaired) electrons. The van der Waals surface area contributed by atoms with E-state index in [1.54, 1.807) is 9.80 Å². The molecule has 0 saturated carbocycles. The van der Waals surface area contributed by atoms with Crippen molar-refractivity contribution in [1.82, 2.24) is 14.7 Å². The van der Waals surface area contributed by atoms with E-state index in [0.717, 1.165) is 19.5 Å². The van der Waals surface area contributed by atoms with Gasteiger partial charge in [0.25, 0.3) is 0 Å². The minimum absolute atomic E-state index is 0.00399. The Bertz CT molecular complexity index is 360. The monoisotopic (exact) mass is 299 g/mol. The van der Waals surface area contributed by atoms with Gasteiger partial charge < -0.3 is 19.8 Å². The number of carbonyl (C=O) groups is 2. The van der Waals surface area contributed by atoms with E-state index in [4.69, 9.17) is 5.11 Å². The molecule has 0 aliphatic carbocycles. The Morgan fingerprint density at radius 2 is 2.05 bits per heavy atom. The third kappa shape index (κ3) is 5.53. The van der Waals surface area contributed by atoms with E-state index in [2.05, 4.69) is 11.9 Å². The summed E-state index contributed by atoms with van der Waals surface area (Å²) in [5.74, 6) is -0.813. The maximum absolute atomic E-state index is 12.5. The van der Waals surface area contributed by atoms with Crippen molar-refractivity contribution in [3.05, 3.63) is 0 Å². The Morgan fingerprint density at radius 3 is 2.52 bits per heavy atom. The van der Waals surface area contributed by atoms with Gasteiger partial charge in [-0.05, 0) is 46.7 Å². The van der Waals surface area contributed by atoms with E-state index in [0.29, 0.717) is 19.0 Å². The number of carbonyl (C=O) groups excluding carboxylic acids is 1. The third-order valence-electron chi connectivity index (χ3n) is 4.14. The molecule has 1 aliphatic rings. The lowest BCUT2D eigenvalue weighted by atomic mass is 10.2. The average molecular weight is 299 g/mol. The zero-order chi connectivity index (χ0) is 16.0. The first-order chi connectivity index (χ1) is 9.82. The Morgan fingerprint density at radius 1 is 1.38 bits per heavy atom. The van der Waals surface area contributed by atoms with Crippen molar-refractivity contribution in [2.75, 3.05) is 33.7 Å². The Balaban J connectivity index is 2.52. The van der Waals surface area contributed by atoms with Crippen LogP contribution >= 0.6 is 0 Å². The molecule has 0 bridgehead atoms. The fourth-order valence-electron chi connectivity index (χ4n) is 2.80. The van der Waals surface area contributed by atoms with Crippen molar-refractivity contribution in [2.45, 2.75) is 51.6 Å². The summed E-state index contributed by atoms with van der Waals surface area (Å²) in [4.78, 5) is 29.0. The standard InChI is InChI=1S/C15H29N3O3/c1-12(2)18(10-6-8-14(19)20)15(21)17(4)11-13-7-5-9-16(13)3/h12-13H,5-11H2,1-4H3,(H,19,20). The lowest BCUT2D eigenvalue weighted by Crippen LogP contribution is -2.48. The smallest absolute Gasteiger partial charge is 0.320 e. The predicted octanol–water partition coefficient (Wildman–Crippen LogP) is 1.71. The van der Waals surface area contributed by atoms with Gasteiger partial charge in [-0.2, -0.15) is 0 Å². The van der Waals surface area contributed by atoms with Gasteiger partial charge in [0.1, 0.15) is 0 Å². The number of likely N-dealkylation sites (N-methyl/N-ethyl adjacent to an activating group) is 2. The van der Waals surface area contributed by atoms with Crippen LogP contribution in [0, 0.1) is 0 Å². The van der Waals surface area contributed by atoms with Crippen LogP contribution in [0.5, 0.6) is 0 Å². The second-order valence-corrected chi connectivity index (χ2v) is 6.22. The van der Waals surface area contributed by atoms with Crippen LogP contribution in [0.4, 0.5) is 4.79 Å². The number of hydrogen-bond donors (Lipinski definition) is 1. The summed E-state index contributed by atoms with van der Waals surface area (Å²) in [7, 11) is 3.93. The highest BCUT2D eigenvalue weighted by Crippen LogP contribution is 2.16. The van der Waals surface area contributed by atoms with Crippen molar-refractivity contribution in [2.24, 2.45) is 0 Å². The first kappa shape index (κ1) is 17.8. The summed E-state index contributed by atoms with van der Waals surface area (Å²) in [5, 5.41) is 8.71. The predicted molar refractivity (Wildman–Crippen MR) is 82.4 cm³/mol. The maximum atomic E-state index is 12.5. The van der Waals surface area contributed by atoms with Crippen LogP contribution in [0.15, 0.2) is 0 Å². The normalized spacial score (nSPS) is 19.0. The highest BCUT2D eigenvalue weighted by atomic mass is 16.4. The molecule has 21 heavy (non-hydrogen) atoms. The molecule has 1 unspecified atom stereocenters. The molecule has 6 heteroatoms. The highest BCUT2D eigenvalue weighted by Gasteiger charge is 2.26. The number of likely N-dealkylation sites (tertiary alicyclic amines) is 1. The Labute approximate surface area is 127 Å². The molecule has 1 aliphatic heterocycles. The van der Waals surface area contributed by atoms with Gasteiger partial charge in [-0.1, -0.05) is 0 Å². The van der Waals surface area contributed by atoms with Crippen LogP contribution in [-0.2, 0) is 4.79 Å². The van der Waals surface area contributed by atoms with Gasteiger partial charge in [-0.15, -0.1) is 0 Å². The second kappa shape index (κ2) is 8.22. The molecule has 1 saturated heterocycles. The molecule has 122 valence electrons. The summed E-state index contributed by atoms with van der Waals surface area (Å²) in [5.41, 5.74) is 0. The Hall–Kier alpha value is -1.30. The molecule has 1 N–H and O–H groups in total. The number of amides is 2. The molecule has 2 amide bonds. The van der Waals surface area contributed by atoms with E-state index < -0.39 is 5.97 Å². The molecule has 0 aromatic carbocycles. The summed E-state index contributed by atoms with van der Waals surface area (Å²) in [6.45, 7) is 6.26. The SMILES string of the molecule is CC(C)N(CCCC(=O)O)C(=O)N(C)CC1CCCN1C. The van der Waals surface area contributed by atoms with Gasteiger partial charge in [0.2, 0.25) is 0 Å². The van der Waals surface area contributed by atoms with E-state index in [1.807, 2.05) is 20.9 Å². The zero-order valence-electron chi connectivity index (χ0n) is 13.7. The third-order valence-corrected chi connectivity index (χ3v) is 4.14. The van der Waals surface area contributed by atoms with Gasteiger partial charge >= 0.3 is 12.0 Å². The number of carboxylic acid groups (broad SMARTS) is 1. The van der Waals surface area contributed by atoms with Crippen LogP contribution in [0.25, 0.3) is 0 Å². The first-order valence-corrected chi connectivity index (χ1v) is 7.76. The molecule has 1 atom stereocenters. The van der Waals surface area contributed by atoms with Crippen molar-refractivity contribution < 1.29 is 14.7 Å². The summed E-state index contributed by atoms with van der Waals surface area (Å²) < 4.78 is 0. The van der Waals surface area contributed by atoms with Gasteiger partial charge in [-0.3, -0.25) is 4.79 Å². The van der Waals surface area contributed by atoms with Crippen molar-refractivity contribution in [3.8, 4) is 0 Å². The molecular weight excluding hydrogens is 270 g/mol. The molecule has 1 rings (SSSR count). The second-order valence-electron chi connectivity index (χ2n) is 6.22. The number of nitrogens with zero attached hydrogens (tertiary/aromatic N) is 3.